The number of benzene rings is 2. The van der Waals surface area contributed by atoms with Gasteiger partial charge in [0.05, 0.1) is 62.0 Å². The molecule has 10 heteroatoms. The summed E-state index contributed by atoms with van der Waals surface area (Å²) in [4.78, 5) is 29.5. The molecule has 2 aromatic carbocycles. The van der Waals surface area contributed by atoms with Crippen LogP contribution in [-0.4, -0.2) is 72.5 Å². The van der Waals surface area contributed by atoms with Crippen LogP contribution in [0.1, 0.15) is 26.2 Å². The van der Waals surface area contributed by atoms with E-state index in [9.17, 15) is 4.79 Å². The Balaban J connectivity index is 1.20. The first kappa shape index (κ1) is 28.8. The van der Waals surface area contributed by atoms with E-state index in [1.165, 1.54) is 0 Å². The third-order valence-corrected chi connectivity index (χ3v) is 6.02. The number of carbonyl (C=O) groups is 1. The van der Waals surface area contributed by atoms with Crippen molar-refractivity contribution in [3.8, 4) is 34.3 Å². The Morgan fingerprint density at radius 3 is 2.33 bits per heavy atom. The molecule has 40 heavy (non-hydrogen) atoms. The van der Waals surface area contributed by atoms with E-state index in [4.69, 9.17) is 23.9 Å². The number of rotatable bonds is 16. The van der Waals surface area contributed by atoms with Crippen molar-refractivity contribution >= 4 is 16.9 Å². The standard InChI is InChI=1S/C30H35N5O5/c1-3-4-9-28(36)31-14-15-38-16-17-39-18-19-40-30-33-20-24(29(35-30)37-2)22-10-12-23(13-11-22)27-21-32-25-7-5-6-8-26(25)34-27/h5-8,10-13,20-21H,3-4,9,14-19H2,1-2H3,(H,31,36). The molecule has 0 saturated heterocycles. The van der Waals surface area contributed by atoms with Crippen LogP contribution in [0.15, 0.2) is 60.9 Å². The number of carbonyl (C=O) groups excluding carboxylic acids is 1. The quantitative estimate of drug-likeness (QED) is 0.203. The van der Waals surface area contributed by atoms with E-state index in [1.54, 1.807) is 19.5 Å². The lowest BCUT2D eigenvalue weighted by Gasteiger charge is -2.11. The fourth-order valence-electron chi connectivity index (χ4n) is 3.89. The highest BCUT2D eigenvalue weighted by Gasteiger charge is 2.12. The van der Waals surface area contributed by atoms with Crippen molar-refractivity contribution < 1.29 is 23.7 Å². The minimum Gasteiger partial charge on any atom is -0.480 e. The van der Waals surface area contributed by atoms with Crippen molar-refractivity contribution in [2.75, 3.05) is 46.7 Å². The number of fused-ring (bicyclic) bond motifs is 1. The summed E-state index contributed by atoms with van der Waals surface area (Å²) in [5, 5.41) is 2.83. The average Bonchev–Trinajstić information content (AvgIpc) is 3.00. The molecule has 0 unspecified atom stereocenters. The van der Waals surface area contributed by atoms with Crippen LogP contribution in [0.3, 0.4) is 0 Å². The molecule has 4 aromatic rings. The SMILES string of the molecule is CCCCC(=O)NCCOCCOCCOc1ncc(-c2ccc(-c3cnc4ccccc4n3)cc2)c(OC)n1. The van der Waals surface area contributed by atoms with E-state index < -0.39 is 0 Å². The van der Waals surface area contributed by atoms with E-state index in [1.807, 2.05) is 48.5 Å². The number of methoxy groups -OCH3 is 1. The second-order valence-corrected chi connectivity index (χ2v) is 8.92. The lowest BCUT2D eigenvalue weighted by molar-refractivity contribution is -0.121. The zero-order valence-electron chi connectivity index (χ0n) is 23.0. The summed E-state index contributed by atoms with van der Waals surface area (Å²) in [6.07, 6.45) is 5.94. The van der Waals surface area contributed by atoms with Gasteiger partial charge in [-0.2, -0.15) is 4.98 Å². The van der Waals surface area contributed by atoms with Crippen LogP contribution < -0.4 is 14.8 Å². The first-order valence-electron chi connectivity index (χ1n) is 13.5. The van der Waals surface area contributed by atoms with Crippen LogP contribution in [0.2, 0.25) is 0 Å². The second-order valence-electron chi connectivity index (χ2n) is 8.92. The molecule has 4 rings (SSSR count). The summed E-state index contributed by atoms with van der Waals surface area (Å²) in [5.41, 5.74) is 5.14. The monoisotopic (exact) mass is 545 g/mol. The predicted octanol–water partition coefficient (Wildman–Crippen LogP) is 4.48. The zero-order valence-corrected chi connectivity index (χ0v) is 23.0. The molecular formula is C30H35N5O5. The zero-order chi connectivity index (χ0) is 28.0. The third kappa shape index (κ3) is 8.42. The summed E-state index contributed by atoms with van der Waals surface area (Å²) >= 11 is 0. The maximum atomic E-state index is 11.5. The maximum Gasteiger partial charge on any atom is 0.319 e. The molecule has 1 amide bonds. The van der Waals surface area contributed by atoms with Crippen molar-refractivity contribution in [2.45, 2.75) is 26.2 Å². The highest BCUT2D eigenvalue weighted by Crippen LogP contribution is 2.30. The highest BCUT2D eigenvalue weighted by atomic mass is 16.5. The van der Waals surface area contributed by atoms with Gasteiger partial charge in [0.1, 0.15) is 6.61 Å². The topological polar surface area (TPSA) is 118 Å². The first-order valence-corrected chi connectivity index (χ1v) is 13.5. The molecule has 0 aliphatic carbocycles. The number of ether oxygens (including phenoxy) is 4. The molecular weight excluding hydrogens is 510 g/mol. The number of para-hydroxylation sites is 2. The van der Waals surface area contributed by atoms with Gasteiger partial charge in [-0.25, -0.2) is 9.97 Å². The van der Waals surface area contributed by atoms with Crippen molar-refractivity contribution in [2.24, 2.45) is 0 Å². The van der Waals surface area contributed by atoms with E-state index >= 15 is 0 Å². The van der Waals surface area contributed by atoms with Crippen molar-refractivity contribution in [1.29, 1.82) is 0 Å². The van der Waals surface area contributed by atoms with Gasteiger partial charge in [0.2, 0.25) is 11.8 Å². The summed E-state index contributed by atoms with van der Waals surface area (Å²) in [5.74, 6) is 0.482. The summed E-state index contributed by atoms with van der Waals surface area (Å²) < 4.78 is 22.1. The molecule has 10 nitrogen and oxygen atoms in total. The van der Waals surface area contributed by atoms with Crippen LogP contribution in [-0.2, 0) is 14.3 Å². The van der Waals surface area contributed by atoms with Gasteiger partial charge in [-0.05, 0) is 24.1 Å². The van der Waals surface area contributed by atoms with E-state index in [-0.39, 0.29) is 18.5 Å². The van der Waals surface area contributed by atoms with Gasteiger partial charge in [0.25, 0.3) is 0 Å². The minimum atomic E-state index is 0.0657. The van der Waals surface area contributed by atoms with Crippen LogP contribution >= 0.6 is 0 Å². The third-order valence-electron chi connectivity index (χ3n) is 6.02. The number of nitrogens with zero attached hydrogens (tertiary/aromatic N) is 4. The molecule has 0 aliphatic rings. The Hall–Kier alpha value is -4.15. The molecule has 0 saturated carbocycles. The van der Waals surface area contributed by atoms with Crippen LogP contribution in [0.4, 0.5) is 0 Å². The Bertz CT molecular complexity index is 1370. The van der Waals surface area contributed by atoms with Crippen molar-refractivity contribution in [3.05, 3.63) is 60.9 Å². The number of amides is 1. The van der Waals surface area contributed by atoms with Gasteiger partial charge in [0.15, 0.2) is 0 Å². The number of nitrogens with one attached hydrogen (secondary N) is 1. The fourth-order valence-corrected chi connectivity index (χ4v) is 3.89. The van der Waals surface area contributed by atoms with Crippen molar-refractivity contribution in [1.82, 2.24) is 25.3 Å². The Morgan fingerprint density at radius 2 is 1.55 bits per heavy atom. The molecule has 2 aromatic heterocycles. The molecule has 0 fully saturated rings. The van der Waals surface area contributed by atoms with Crippen molar-refractivity contribution in [3.63, 3.8) is 0 Å². The average molecular weight is 546 g/mol. The highest BCUT2D eigenvalue weighted by molar-refractivity contribution is 5.78. The fraction of sp³-hybridized carbons (Fsp3) is 0.367. The molecule has 2 heterocycles. The van der Waals surface area contributed by atoms with Gasteiger partial charge in [-0.3, -0.25) is 9.78 Å². The Morgan fingerprint density at radius 1 is 0.825 bits per heavy atom. The van der Waals surface area contributed by atoms with Gasteiger partial charge >= 0.3 is 6.01 Å². The molecule has 0 radical (unpaired) electrons. The molecule has 0 atom stereocenters. The van der Waals surface area contributed by atoms with Crippen LogP contribution in [0.25, 0.3) is 33.4 Å². The van der Waals surface area contributed by atoms with E-state index in [2.05, 4.69) is 27.2 Å². The second kappa shape index (κ2) is 15.4. The van der Waals surface area contributed by atoms with Gasteiger partial charge in [-0.1, -0.05) is 49.7 Å². The Kier molecular flexibility index (Phi) is 11.1. The molecule has 0 aliphatic heterocycles. The van der Waals surface area contributed by atoms with E-state index in [0.29, 0.717) is 45.3 Å². The number of hydrogen-bond donors (Lipinski definition) is 1. The minimum absolute atomic E-state index is 0.0657. The van der Waals surface area contributed by atoms with Gasteiger partial charge in [-0.15, -0.1) is 0 Å². The maximum absolute atomic E-state index is 11.5. The van der Waals surface area contributed by atoms with Gasteiger partial charge in [0, 0.05) is 24.7 Å². The number of unbranched alkanes of at least 4 members (excludes halogenated alkanes) is 1. The summed E-state index contributed by atoms with van der Waals surface area (Å²) in [6, 6.07) is 15.9. The molecule has 210 valence electrons. The lowest BCUT2D eigenvalue weighted by Crippen LogP contribution is -2.27. The largest absolute Gasteiger partial charge is 0.480 e. The first-order chi connectivity index (χ1) is 19.7. The number of hydrogen-bond acceptors (Lipinski definition) is 9. The molecule has 0 bridgehead atoms. The van der Waals surface area contributed by atoms with Crippen LogP contribution in [0, 0.1) is 0 Å². The summed E-state index contributed by atoms with van der Waals surface area (Å²) in [7, 11) is 1.56. The predicted molar refractivity (Wildman–Crippen MR) is 152 cm³/mol. The summed E-state index contributed by atoms with van der Waals surface area (Å²) in [6.45, 7) is 4.54. The molecule has 1 N–H and O–H groups in total. The lowest BCUT2D eigenvalue weighted by atomic mass is 10.0. The smallest absolute Gasteiger partial charge is 0.319 e. The number of aromatic nitrogens is 4. The van der Waals surface area contributed by atoms with E-state index in [0.717, 1.165) is 46.3 Å². The molecule has 0 spiro atoms. The van der Waals surface area contributed by atoms with Crippen LogP contribution in [0.5, 0.6) is 11.9 Å². The Labute approximate surface area is 234 Å². The van der Waals surface area contributed by atoms with Gasteiger partial charge < -0.3 is 24.3 Å². The normalized spacial score (nSPS) is 10.9.